The summed E-state index contributed by atoms with van der Waals surface area (Å²) in [6.07, 6.45) is 9.40. The normalized spacial score (nSPS) is 17.2. The molecular formula is C24H26N6O2. The second kappa shape index (κ2) is 9.00. The van der Waals surface area contributed by atoms with Gasteiger partial charge in [0.25, 0.3) is 11.5 Å². The van der Waals surface area contributed by atoms with E-state index in [0.29, 0.717) is 24.1 Å². The van der Waals surface area contributed by atoms with Crippen LogP contribution in [0.3, 0.4) is 0 Å². The summed E-state index contributed by atoms with van der Waals surface area (Å²) in [5.74, 6) is 0.954. The molecule has 1 amide bonds. The number of aromatic nitrogens is 4. The van der Waals surface area contributed by atoms with Crippen molar-refractivity contribution in [2.24, 2.45) is 0 Å². The maximum Gasteiger partial charge on any atom is 0.256 e. The number of carbonyl (C=O) groups excluding carboxylic acids is 1. The van der Waals surface area contributed by atoms with Crippen molar-refractivity contribution < 1.29 is 4.79 Å². The van der Waals surface area contributed by atoms with Crippen LogP contribution >= 0.6 is 0 Å². The molecule has 1 N–H and O–H groups in total. The number of rotatable bonds is 4. The van der Waals surface area contributed by atoms with Gasteiger partial charge in [0, 0.05) is 50.2 Å². The second-order valence-corrected chi connectivity index (χ2v) is 8.50. The molecule has 0 aliphatic carbocycles. The van der Waals surface area contributed by atoms with Gasteiger partial charge in [0.05, 0.1) is 23.4 Å². The van der Waals surface area contributed by atoms with Crippen LogP contribution in [0.2, 0.25) is 0 Å². The number of hydrogen-bond acceptors (Lipinski definition) is 6. The number of fused-ring (bicyclic) bond motifs is 1. The third-order valence-corrected chi connectivity index (χ3v) is 6.41. The van der Waals surface area contributed by atoms with E-state index in [-0.39, 0.29) is 23.9 Å². The first-order valence-electron chi connectivity index (χ1n) is 11.1. The molecule has 0 atom stereocenters. The number of piperidine rings is 1. The average Bonchev–Trinajstić information content (AvgIpc) is 2.85. The lowest BCUT2D eigenvalue weighted by Gasteiger charge is -2.32. The van der Waals surface area contributed by atoms with E-state index in [4.69, 9.17) is 4.98 Å². The van der Waals surface area contributed by atoms with E-state index in [1.807, 2.05) is 12.4 Å². The van der Waals surface area contributed by atoms with E-state index in [0.717, 1.165) is 44.0 Å². The van der Waals surface area contributed by atoms with Gasteiger partial charge < -0.3 is 9.88 Å². The maximum absolute atomic E-state index is 12.9. The lowest BCUT2D eigenvalue weighted by molar-refractivity contribution is 0.0732. The van der Waals surface area contributed by atoms with Crippen molar-refractivity contribution in [2.75, 3.05) is 19.6 Å². The summed E-state index contributed by atoms with van der Waals surface area (Å²) < 4.78 is 0. The maximum atomic E-state index is 12.9. The number of pyridine rings is 2. The number of hydrogen-bond donors (Lipinski definition) is 1. The first kappa shape index (κ1) is 20.5. The highest BCUT2D eigenvalue weighted by Crippen LogP contribution is 2.27. The van der Waals surface area contributed by atoms with E-state index in [9.17, 15) is 9.59 Å². The standard InChI is InChI=1S/C24H26N6O2/c31-23-20-16-30(24(32)19-2-1-8-26-14-19)13-7-21(20)27-22(28-23)18-5-11-29(12-6-18)15-17-3-9-25-10-4-17/h1-4,8-10,14,18H,5-7,11-13,15-16H2,(H,27,28,31). The smallest absolute Gasteiger partial charge is 0.256 e. The Balaban J connectivity index is 1.25. The Morgan fingerprint density at radius 1 is 1.06 bits per heavy atom. The third kappa shape index (κ3) is 4.31. The van der Waals surface area contributed by atoms with Gasteiger partial charge in [0.1, 0.15) is 5.82 Å². The lowest BCUT2D eigenvalue weighted by Crippen LogP contribution is -2.40. The highest BCUT2D eigenvalue weighted by molar-refractivity contribution is 5.94. The van der Waals surface area contributed by atoms with Crippen LogP contribution in [-0.2, 0) is 19.5 Å². The van der Waals surface area contributed by atoms with Crippen molar-refractivity contribution in [2.45, 2.75) is 38.3 Å². The Morgan fingerprint density at radius 3 is 2.62 bits per heavy atom. The van der Waals surface area contributed by atoms with Gasteiger partial charge >= 0.3 is 0 Å². The predicted octanol–water partition coefficient (Wildman–Crippen LogP) is 2.14. The lowest BCUT2D eigenvalue weighted by atomic mass is 9.95. The molecule has 1 saturated heterocycles. The molecule has 0 radical (unpaired) electrons. The summed E-state index contributed by atoms with van der Waals surface area (Å²) in [6, 6.07) is 7.60. The molecule has 8 heteroatoms. The minimum atomic E-state index is -0.118. The van der Waals surface area contributed by atoms with Crippen LogP contribution in [0.15, 0.2) is 53.8 Å². The van der Waals surface area contributed by atoms with Gasteiger partial charge in [-0.25, -0.2) is 4.98 Å². The zero-order valence-electron chi connectivity index (χ0n) is 17.9. The molecule has 1 fully saturated rings. The number of nitrogens with zero attached hydrogens (tertiary/aromatic N) is 5. The molecule has 5 heterocycles. The molecule has 0 bridgehead atoms. The zero-order chi connectivity index (χ0) is 21.9. The Kier molecular flexibility index (Phi) is 5.77. The Labute approximate surface area is 186 Å². The molecule has 5 rings (SSSR count). The van der Waals surface area contributed by atoms with E-state index >= 15 is 0 Å². The quantitative estimate of drug-likeness (QED) is 0.681. The second-order valence-electron chi connectivity index (χ2n) is 8.50. The van der Waals surface area contributed by atoms with Gasteiger partial charge in [-0.3, -0.25) is 24.5 Å². The fraction of sp³-hybridized carbons (Fsp3) is 0.375. The third-order valence-electron chi connectivity index (χ3n) is 6.41. The molecule has 0 aromatic carbocycles. The monoisotopic (exact) mass is 430 g/mol. The Bertz CT molecular complexity index is 1140. The number of carbonyl (C=O) groups is 1. The summed E-state index contributed by atoms with van der Waals surface area (Å²) in [7, 11) is 0. The summed E-state index contributed by atoms with van der Waals surface area (Å²) >= 11 is 0. The number of nitrogens with one attached hydrogen (secondary N) is 1. The van der Waals surface area contributed by atoms with Gasteiger partial charge in [-0.15, -0.1) is 0 Å². The average molecular weight is 431 g/mol. The van der Waals surface area contributed by atoms with E-state index in [2.05, 4.69) is 32.0 Å². The molecule has 8 nitrogen and oxygen atoms in total. The Hall–Kier alpha value is -3.39. The van der Waals surface area contributed by atoms with Crippen molar-refractivity contribution in [1.29, 1.82) is 0 Å². The van der Waals surface area contributed by atoms with Gasteiger partial charge in [0.15, 0.2) is 0 Å². The summed E-state index contributed by atoms with van der Waals surface area (Å²) in [5.41, 5.74) is 3.12. The van der Waals surface area contributed by atoms with Crippen LogP contribution in [0.5, 0.6) is 0 Å². The number of likely N-dealkylation sites (tertiary alicyclic amines) is 1. The van der Waals surface area contributed by atoms with Crippen LogP contribution in [-0.4, -0.2) is 55.3 Å². The first-order chi connectivity index (χ1) is 15.7. The molecule has 3 aromatic rings. The number of aromatic amines is 1. The van der Waals surface area contributed by atoms with Crippen LogP contribution in [0.25, 0.3) is 0 Å². The predicted molar refractivity (Wildman–Crippen MR) is 119 cm³/mol. The summed E-state index contributed by atoms with van der Waals surface area (Å²) in [5, 5.41) is 0. The molecule has 164 valence electrons. The minimum absolute atomic E-state index is 0.103. The van der Waals surface area contributed by atoms with Gasteiger partial charge in [-0.1, -0.05) is 0 Å². The minimum Gasteiger partial charge on any atom is -0.334 e. The van der Waals surface area contributed by atoms with Gasteiger partial charge in [0.2, 0.25) is 0 Å². The highest BCUT2D eigenvalue weighted by Gasteiger charge is 2.28. The molecule has 0 saturated carbocycles. The van der Waals surface area contributed by atoms with Crippen LogP contribution in [0, 0.1) is 0 Å². The van der Waals surface area contributed by atoms with Crippen molar-refractivity contribution in [3.63, 3.8) is 0 Å². The van der Waals surface area contributed by atoms with Gasteiger partial charge in [-0.2, -0.15) is 0 Å². The van der Waals surface area contributed by atoms with Crippen LogP contribution in [0.4, 0.5) is 0 Å². The van der Waals surface area contributed by atoms with Crippen LogP contribution < -0.4 is 5.56 Å². The van der Waals surface area contributed by atoms with Gasteiger partial charge in [-0.05, 0) is 55.8 Å². The van der Waals surface area contributed by atoms with E-state index in [1.54, 1.807) is 29.4 Å². The molecule has 2 aliphatic heterocycles. The Morgan fingerprint density at radius 2 is 1.88 bits per heavy atom. The number of H-pyrrole nitrogens is 1. The summed E-state index contributed by atoms with van der Waals surface area (Å²) in [4.78, 5) is 45.7. The van der Waals surface area contributed by atoms with E-state index < -0.39 is 0 Å². The van der Waals surface area contributed by atoms with Crippen molar-refractivity contribution in [1.82, 2.24) is 29.7 Å². The molecule has 0 spiro atoms. The molecule has 32 heavy (non-hydrogen) atoms. The fourth-order valence-electron chi connectivity index (χ4n) is 4.59. The molecule has 0 unspecified atom stereocenters. The van der Waals surface area contributed by atoms with E-state index in [1.165, 1.54) is 5.56 Å². The molecule has 2 aliphatic rings. The van der Waals surface area contributed by atoms with Crippen molar-refractivity contribution in [3.05, 3.63) is 87.6 Å². The van der Waals surface area contributed by atoms with Crippen molar-refractivity contribution in [3.8, 4) is 0 Å². The largest absolute Gasteiger partial charge is 0.334 e. The van der Waals surface area contributed by atoms with Crippen molar-refractivity contribution >= 4 is 5.91 Å². The molecular weight excluding hydrogens is 404 g/mol. The zero-order valence-corrected chi connectivity index (χ0v) is 17.9. The first-order valence-corrected chi connectivity index (χ1v) is 11.1. The summed E-state index contributed by atoms with van der Waals surface area (Å²) in [6.45, 7) is 3.71. The molecule has 3 aromatic heterocycles. The SMILES string of the molecule is O=C(c1cccnc1)N1CCc2nc(C3CCN(Cc4ccncc4)CC3)[nH]c(=O)c2C1. The number of amides is 1. The van der Waals surface area contributed by atoms with Crippen LogP contribution in [0.1, 0.15) is 51.8 Å². The topological polar surface area (TPSA) is 95.1 Å². The highest BCUT2D eigenvalue weighted by atomic mass is 16.2. The fourth-order valence-corrected chi connectivity index (χ4v) is 4.59.